The van der Waals surface area contributed by atoms with Gasteiger partial charge in [0.1, 0.15) is 11.9 Å². The molecule has 0 aliphatic carbocycles. The summed E-state index contributed by atoms with van der Waals surface area (Å²) in [4.78, 5) is 31.8. The molecule has 2 heterocycles. The summed E-state index contributed by atoms with van der Waals surface area (Å²) in [7, 11) is 2.11. The van der Waals surface area contributed by atoms with E-state index in [2.05, 4.69) is 32.5 Å². The first-order valence-electron chi connectivity index (χ1n) is 7.43. The van der Waals surface area contributed by atoms with Crippen molar-refractivity contribution < 1.29 is 9.59 Å². The lowest BCUT2D eigenvalue weighted by atomic mass is 10.3. The number of hydrogen-bond donors (Lipinski definition) is 2. The van der Waals surface area contributed by atoms with Crippen LogP contribution in [0.1, 0.15) is 13.8 Å². The molecule has 2 rings (SSSR count). The van der Waals surface area contributed by atoms with Gasteiger partial charge in [-0.2, -0.15) is 0 Å². The smallest absolute Gasteiger partial charge is 0.246 e. The van der Waals surface area contributed by atoms with Crippen molar-refractivity contribution >= 4 is 23.3 Å². The zero-order chi connectivity index (χ0) is 16.1. The number of aromatic nitrogens is 1. The van der Waals surface area contributed by atoms with Crippen LogP contribution in [-0.4, -0.2) is 61.0 Å². The first kappa shape index (κ1) is 16.2. The number of pyridine rings is 1. The maximum absolute atomic E-state index is 11.9. The molecule has 1 saturated heterocycles. The normalized spacial score (nSPS) is 17.0. The first-order chi connectivity index (χ1) is 10.5. The molecule has 120 valence electrons. The highest BCUT2D eigenvalue weighted by atomic mass is 16.2. The molecule has 0 aromatic carbocycles. The third-order valence-electron chi connectivity index (χ3n) is 3.66. The van der Waals surface area contributed by atoms with E-state index in [4.69, 9.17) is 0 Å². The Bertz CT molecular complexity index is 523. The van der Waals surface area contributed by atoms with Crippen LogP contribution in [0.25, 0.3) is 0 Å². The fourth-order valence-corrected chi connectivity index (χ4v) is 2.30. The Labute approximate surface area is 130 Å². The average Bonchev–Trinajstić information content (AvgIpc) is 2.48. The molecule has 1 atom stereocenters. The van der Waals surface area contributed by atoms with Crippen molar-refractivity contribution in [1.29, 1.82) is 0 Å². The van der Waals surface area contributed by atoms with Crippen molar-refractivity contribution in [2.45, 2.75) is 19.9 Å². The lowest BCUT2D eigenvalue weighted by Crippen LogP contribution is -2.44. The molecule has 22 heavy (non-hydrogen) atoms. The lowest BCUT2D eigenvalue weighted by Gasteiger charge is -2.33. The lowest BCUT2D eigenvalue weighted by molar-refractivity contribution is -0.124. The molecule has 1 aliphatic rings. The van der Waals surface area contributed by atoms with Gasteiger partial charge in [0, 0.05) is 33.1 Å². The van der Waals surface area contributed by atoms with E-state index in [9.17, 15) is 9.59 Å². The van der Waals surface area contributed by atoms with Gasteiger partial charge in [-0.15, -0.1) is 0 Å². The second kappa shape index (κ2) is 7.22. The Morgan fingerprint density at radius 1 is 1.23 bits per heavy atom. The molecule has 2 N–H and O–H groups in total. The Kier molecular flexibility index (Phi) is 5.32. The molecule has 2 amide bonds. The highest BCUT2D eigenvalue weighted by Gasteiger charge is 2.16. The maximum atomic E-state index is 11.9. The summed E-state index contributed by atoms with van der Waals surface area (Å²) < 4.78 is 0. The molecular formula is C15H23N5O2. The van der Waals surface area contributed by atoms with Crippen molar-refractivity contribution in [2.24, 2.45) is 0 Å². The van der Waals surface area contributed by atoms with Crippen LogP contribution >= 0.6 is 0 Å². The highest BCUT2D eigenvalue weighted by Crippen LogP contribution is 2.15. The Morgan fingerprint density at radius 2 is 1.91 bits per heavy atom. The van der Waals surface area contributed by atoms with Gasteiger partial charge in [-0.1, -0.05) is 0 Å². The fourth-order valence-electron chi connectivity index (χ4n) is 2.30. The zero-order valence-electron chi connectivity index (χ0n) is 13.3. The monoisotopic (exact) mass is 305 g/mol. The largest absolute Gasteiger partial charge is 0.354 e. The molecule has 0 bridgehead atoms. The molecule has 1 aromatic rings. The number of carbonyl (C=O) groups is 2. The number of hydrogen-bond acceptors (Lipinski definition) is 5. The van der Waals surface area contributed by atoms with Gasteiger partial charge in [0.05, 0.1) is 11.9 Å². The number of rotatable bonds is 4. The number of piperazine rings is 1. The number of amides is 2. The van der Waals surface area contributed by atoms with Gasteiger partial charge in [-0.3, -0.25) is 9.59 Å². The molecule has 1 aromatic heterocycles. The molecule has 1 aliphatic heterocycles. The van der Waals surface area contributed by atoms with E-state index in [1.54, 1.807) is 13.1 Å². The summed E-state index contributed by atoms with van der Waals surface area (Å²) in [6, 6.07) is 3.16. The predicted molar refractivity (Wildman–Crippen MR) is 85.9 cm³/mol. The van der Waals surface area contributed by atoms with Crippen LogP contribution in [0, 0.1) is 0 Å². The summed E-state index contributed by atoms with van der Waals surface area (Å²) in [5.74, 6) is 0.427. The number of nitrogens with one attached hydrogen (secondary N) is 2. The van der Waals surface area contributed by atoms with Gasteiger partial charge < -0.3 is 20.4 Å². The van der Waals surface area contributed by atoms with Crippen molar-refractivity contribution in [3.63, 3.8) is 0 Å². The van der Waals surface area contributed by atoms with E-state index in [1.807, 2.05) is 12.1 Å². The van der Waals surface area contributed by atoms with Crippen molar-refractivity contribution in [3.8, 4) is 0 Å². The van der Waals surface area contributed by atoms with Gasteiger partial charge in [0.2, 0.25) is 11.8 Å². The number of anilines is 2. The fraction of sp³-hybridized carbons (Fsp3) is 0.533. The first-order valence-corrected chi connectivity index (χ1v) is 7.43. The Morgan fingerprint density at radius 3 is 2.45 bits per heavy atom. The van der Waals surface area contributed by atoms with E-state index < -0.39 is 6.04 Å². The van der Waals surface area contributed by atoms with Gasteiger partial charge in [-0.25, -0.2) is 4.98 Å². The topological polar surface area (TPSA) is 77.6 Å². The van der Waals surface area contributed by atoms with Crippen LogP contribution in [0.5, 0.6) is 0 Å². The summed E-state index contributed by atoms with van der Waals surface area (Å²) in [5.41, 5.74) is 0.625. The molecule has 1 unspecified atom stereocenters. The minimum Gasteiger partial charge on any atom is -0.354 e. The number of nitrogens with zero attached hydrogens (tertiary/aromatic N) is 3. The zero-order valence-corrected chi connectivity index (χ0v) is 13.3. The molecule has 7 heteroatoms. The summed E-state index contributed by atoms with van der Waals surface area (Å²) in [6.45, 7) is 6.98. The van der Waals surface area contributed by atoms with Crippen LogP contribution in [0.4, 0.5) is 11.5 Å². The maximum Gasteiger partial charge on any atom is 0.246 e. The van der Waals surface area contributed by atoms with Crippen LogP contribution in [0.2, 0.25) is 0 Å². The van der Waals surface area contributed by atoms with E-state index in [-0.39, 0.29) is 11.8 Å². The summed E-state index contributed by atoms with van der Waals surface area (Å²) >= 11 is 0. The van der Waals surface area contributed by atoms with Crippen molar-refractivity contribution in [3.05, 3.63) is 18.3 Å². The quantitative estimate of drug-likeness (QED) is 0.836. The van der Waals surface area contributed by atoms with Crippen LogP contribution in [-0.2, 0) is 9.59 Å². The third-order valence-corrected chi connectivity index (χ3v) is 3.66. The van der Waals surface area contributed by atoms with E-state index >= 15 is 0 Å². The highest BCUT2D eigenvalue weighted by molar-refractivity contribution is 5.96. The number of likely N-dealkylation sites (N-methyl/N-ethyl adjacent to an activating group) is 1. The van der Waals surface area contributed by atoms with Gasteiger partial charge in [-0.05, 0) is 26.1 Å². The predicted octanol–water partition coefficient (Wildman–Crippen LogP) is 0.297. The van der Waals surface area contributed by atoms with Gasteiger partial charge >= 0.3 is 0 Å². The Hall–Kier alpha value is -2.15. The molecule has 0 radical (unpaired) electrons. The van der Waals surface area contributed by atoms with Crippen LogP contribution < -0.4 is 15.5 Å². The number of carbonyl (C=O) groups excluding carboxylic acids is 2. The molecule has 0 spiro atoms. The van der Waals surface area contributed by atoms with Crippen LogP contribution in [0.15, 0.2) is 18.3 Å². The SMILES string of the molecule is CC(=O)NC(C)C(=O)Nc1ccc(N2CCN(C)CC2)nc1. The van der Waals surface area contributed by atoms with Gasteiger partial charge in [0.25, 0.3) is 0 Å². The Balaban J connectivity index is 1.91. The standard InChI is InChI=1S/C15H23N5O2/c1-11(17-12(2)21)15(22)18-13-4-5-14(16-10-13)20-8-6-19(3)7-9-20/h4-5,10-11H,6-9H2,1-3H3,(H,17,21)(H,18,22). The minimum absolute atomic E-state index is 0.230. The summed E-state index contributed by atoms with van der Waals surface area (Å²) in [5, 5.41) is 5.29. The molecule has 7 nitrogen and oxygen atoms in total. The second-order valence-electron chi connectivity index (χ2n) is 5.61. The molecular weight excluding hydrogens is 282 g/mol. The minimum atomic E-state index is -0.574. The van der Waals surface area contributed by atoms with E-state index in [0.717, 1.165) is 32.0 Å². The van der Waals surface area contributed by atoms with Gasteiger partial charge in [0.15, 0.2) is 0 Å². The van der Waals surface area contributed by atoms with Crippen LogP contribution in [0.3, 0.4) is 0 Å². The van der Waals surface area contributed by atoms with Crippen molar-refractivity contribution in [1.82, 2.24) is 15.2 Å². The molecule has 0 saturated carbocycles. The van der Waals surface area contributed by atoms with E-state index in [1.165, 1.54) is 6.92 Å². The van der Waals surface area contributed by atoms with Crippen molar-refractivity contribution in [2.75, 3.05) is 43.4 Å². The summed E-state index contributed by atoms with van der Waals surface area (Å²) in [6.07, 6.45) is 1.64. The molecule has 1 fully saturated rings. The second-order valence-corrected chi connectivity index (χ2v) is 5.61. The third kappa shape index (κ3) is 4.42. The van der Waals surface area contributed by atoms with E-state index in [0.29, 0.717) is 5.69 Å². The average molecular weight is 305 g/mol.